The highest BCUT2D eigenvalue weighted by molar-refractivity contribution is 7.89. The zero-order valence-electron chi connectivity index (χ0n) is 11.5. The SMILES string of the molecule is COC(=O)c1cc(S(=O)(=O)NC[C@H]2CCCO2)cn1C. The Labute approximate surface area is 117 Å². The summed E-state index contributed by atoms with van der Waals surface area (Å²) in [5.74, 6) is -0.576. The second-order valence-electron chi connectivity index (χ2n) is 4.65. The number of ether oxygens (including phenoxy) is 2. The summed E-state index contributed by atoms with van der Waals surface area (Å²) in [7, 11) is -0.812. The number of carbonyl (C=O) groups is 1. The van der Waals surface area contributed by atoms with Gasteiger partial charge in [-0.05, 0) is 18.9 Å². The monoisotopic (exact) mass is 302 g/mol. The van der Waals surface area contributed by atoms with Crippen molar-refractivity contribution in [2.75, 3.05) is 20.3 Å². The highest BCUT2D eigenvalue weighted by Gasteiger charge is 2.23. The minimum absolute atomic E-state index is 0.0402. The lowest BCUT2D eigenvalue weighted by atomic mass is 10.2. The number of esters is 1. The van der Waals surface area contributed by atoms with Crippen molar-refractivity contribution in [1.29, 1.82) is 0 Å². The summed E-state index contributed by atoms with van der Waals surface area (Å²) in [4.78, 5) is 11.5. The molecule has 112 valence electrons. The molecule has 1 aromatic rings. The molecule has 1 atom stereocenters. The average molecular weight is 302 g/mol. The highest BCUT2D eigenvalue weighted by atomic mass is 32.2. The van der Waals surface area contributed by atoms with Gasteiger partial charge < -0.3 is 14.0 Å². The van der Waals surface area contributed by atoms with Crippen molar-refractivity contribution >= 4 is 16.0 Å². The number of aromatic nitrogens is 1. The Balaban J connectivity index is 2.10. The van der Waals surface area contributed by atoms with Crippen molar-refractivity contribution in [3.63, 3.8) is 0 Å². The van der Waals surface area contributed by atoms with Gasteiger partial charge in [-0.2, -0.15) is 0 Å². The summed E-state index contributed by atoms with van der Waals surface area (Å²) >= 11 is 0. The van der Waals surface area contributed by atoms with Gasteiger partial charge in [0.05, 0.1) is 13.2 Å². The van der Waals surface area contributed by atoms with Crippen LogP contribution in [0.15, 0.2) is 17.2 Å². The quantitative estimate of drug-likeness (QED) is 0.789. The molecule has 8 heteroatoms. The van der Waals surface area contributed by atoms with Crippen LogP contribution in [-0.4, -0.2) is 45.3 Å². The van der Waals surface area contributed by atoms with Crippen LogP contribution in [0.2, 0.25) is 0 Å². The third kappa shape index (κ3) is 3.20. The van der Waals surface area contributed by atoms with Crippen molar-refractivity contribution < 1.29 is 22.7 Å². The van der Waals surface area contributed by atoms with E-state index in [2.05, 4.69) is 9.46 Å². The molecule has 0 aliphatic carbocycles. The van der Waals surface area contributed by atoms with Gasteiger partial charge in [0.1, 0.15) is 10.6 Å². The van der Waals surface area contributed by atoms with E-state index in [9.17, 15) is 13.2 Å². The number of rotatable bonds is 5. The molecule has 7 nitrogen and oxygen atoms in total. The van der Waals surface area contributed by atoms with E-state index in [0.29, 0.717) is 6.61 Å². The Kier molecular flexibility index (Phi) is 4.46. The number of carbonyl (C=O) groups excluding carboxylic acids is 1. The first-order valence-corrected chi connectivity index (χ1v) is 7.78. The smallest absolute Gasteiger partial charge is 0.354 e. The molecule has 1 N–H and O–H groups in total. The van der Waals surface area contributed by atoms with Gasteiger partial charge in [0, 0.05) is 26.4 Å². The molecular weight excluding hydrogens is 284 g/mol. The van der Waals surface area contributed by atoms with Crippen LogP contribution in [0.4, 0.5) is 0 Å². The molecule has 2 heterocycles. The molecular formula is C12H18N2O5S. The molecule has 0 spiro atoms. The largest absolute Gasteiger partial charge is 0.464 e. The lowest BCUT2D eigenvalue weighted by Crippen LogP contribution is -2.31. The summed E-state index contributed by atoms with van der Waals surface area (Å²) < 4.78 is 38.1. The van der Waals surface area contributed by atoms with Gasteiger partial charge in [-0.1, -0.05) is 0 Å². The van der Waals surface area contributed by atoms with Gasteiger partial charge in [-0.3, -0.25) is 0 Å². The van der Waals surface area contributed by atoms with Crippen molar-refractivity contribution in [2.45, 2.75) is 23.8 Å². The first kappa shape index (κ1) is 15.0. The van der Waals surface area contributed by atoms with Gasteiger partial charge in [0.25, 0.3) is 0 Å². The Morgan fingerprint density at radius 2 is 2.35 bits per heavy atom. The van der Waals surface area contributed by atoms with E-state index in [0.717, 1.165) is 12.8 Å². The van der Waals surface area contributed by atoms with E-state index >= 15 is 0 Å². The molecule has 1 aromatic heterocycles. The molecule has 1 aliphatic rings. The van der Waals surface area contributed by atoms with Crippen LogP contribution in [0.3, 0.4) is 0 Å². The van der Waals surface area contributed by atoms with E-state index in [1.165, 1.54) is 23.9 Å². The highest BCUT2D eigenvalue weighted by Crippen LogP contribution is 2.16. The van der Waals surface area contributed by atoms with Crippen molar-refractivity contribution in [3.8, 4) is 0 Å². The minimum Gasteiger partial charge on any atom is -0.464 e. The Morgan fingerprint density at radius 1 is 1.60 bits per heavy atom. The standard InChI is InChI=1S/C12H18N2O5S/c1-14-8-10(6-11(14)12(15)18-2)20(16,17)13-7-9-4-3-5-19-9/h6,8-9,13H,3-5,7H2,1-2H3/t9-/m1/s1. The zero-order chi connectivity index (χ0) is 14.8. The first-order valence-electron chi connectivity index (χ1n) is 6.30. The van der Waals surface area contributed by atoms with Crippen molar-refractivity contribution in [3.05, 3.63) is 18.0 Å². The fraction of sp³-hybridized carbons (Fsp3) is 0.583. The molecule has 20 heavy (non-hydrogen) atoms. The molecule has 1 fully saturated rings. The Morgan fingerprint density at radius 3 is 2.95 bits per heavy atom. The Bertz CT molecular complexity index is 587. The summed E-state index contributed by atoms with van der Waals surface area (Å²) in [5, 5.41) is 0. The number of methoxy groups -OCH3 is 1. The fourth-order valence-electron chi connectivity index (χ4n) is 2.08. The average Bonchev–Trinajstić information content (AvgIpc) is 3.05. The van der Waals surface area contributed by atoms with Gasteiger partial charge in [0.2, 0.25) is 10.0 Å². The minimum atomic E-state index is -3.65. The summed E-state index contributed by atoms with van der Waals surface area (Å²) in [5.41, 5.74) is 0.185. The van der Waals surface area contributed by atoms with Crippen LogP contribution in [0, 0.1) is 0 Å². The van der Waals surface area contributed by atoms with E-state index < -0.39 is 16.0 Å². The van der Waals surface area contributed by atoms with E-state index in [4.69, 9.17) is 4.74 Å². The van der Waals surface area contributed by atoms with Gasteiger partial charge >= 0.3 is 5.97 Å². The van der Waals surface area contributed by atoms with Crippen LogP contribution in [0.5, 0.6) is 0 Å². The maximum atomic E-state index is 12.1. The van der Waals surface area contributed by atoms with Crippen LogP contribution in [-0.2, 0) is 26.5 Å². The van der Waals surface area contributed by atoms with E-state index in [-0.39, 0.29) is 23.2 Å². The fourth-order valence-corrected chi connectivity index (χ4v) is 3.22. The number of nitrogens with one attached hydrogen (secondary N) is 1. The molecule has 0 amide bonds. The topological polar surface area (TPSA) is 86.6 Å². The lowest BCUT2D eigenvalue weighted by molar-refractivity contribution is 0.0590. The van der Waals surface area contributed by atoms with Crippen LogP contribution in [0.25, 0.3) is 0 Å². The normalized spacial score (nSPS) is 19.2. The second-order valence-corrected chi connectivity index (χ2v) is 6.42. The maximum Gasteiger partial charge on any atom is 0.354 e. The lowest BCUT2D eigenvalue weighted by Gasteiger charge is -2.10. The third-order valence-electron chi connectivity index (χ3n) is 3.21. The number of aryl methyl sites for hydroxylation is 1. The van der Waals surface area contributed by atoms with Gasteiger partial charge in [0.15, 0.2) is 0 Å². The van der Waals surface area contributed by atoms with Crippen LogP contribution >= 0.6 is 0 Å². The van der Waals surface area contributed by atoms with Crippen LogP contribution < -0.4 is 4.72 Å². The zero-order valence-corrected chi connectivity index (χ0v) is 12.3. The predicted octanol–water partition coefficient (Wildman–Crippen LogP) is 0.269. The van der Waals surface area contributed by atoms with E-state index in [1.54, 1.807) is 7.05 Å². The molecule has 0 bridgehead atoms. The predicted molar refractivity (Wildman–Crippen MR) is 70.9 cm³/mol. The molecule has 2 rings (SSSR count). The number of hydrogen-bond donors (Lipinski definition) is 1. The van der Waals surface area contributed by atoms with Gasteiger partial charge in [-0.15, -0.1) is 0 Å². The molecule has 0 unspecified atom stereocenters. The van der Waals surface area contributed by atoms with Crippen LogP contribution in [0.1, 0.15) is 23.3 Å². The Hall–Kier alpha value is -1.38. The summed E-state index contributed by atoms with van der Waals surface area (Å²) in [6.07, 6.45) is 3.10. The molecule has 0 saturated carbocycles. The molecule has 0 aromatic carbocycles. The van der Waals surface area contributed by atoms with Crippen molar-refractivity contribution in [2.24, 2.45) is 7.05 Å². The number of hydrogen-bond acceptors (Lipinski definition) is 5. The van der Waals surface area contributed by atoms with Crippen molar-refractivity contribution in [1.82, 2.24) is 9.29 Å². The number of nitrogens with zero attached hydrogens (tertiary/aromatic N) is 1. The maximum absolute atomic E-state index is 12.1. The molecule has 1 aliphatic heterocycles. The van der Waals surface area contributed by atoms with Gasteiger partial charge in [-0.25, -0.2) is 17.9 Å². The molecule has 0 radical (unpaired) electrons. The van der Waals surface area contributed by atoms with E-state index in [1.807, 2.05) is 0 Å². The summed E-state index contributed by atoms with van der Waals surface area (Å²) in [6.45, 7) is 0.912. The third-order valence-corrected chi connectivity index (χ3v) is 4.60. The number of sulfonamides is 1. The second kappa shape index (κ2) is 5.94. The summed E-state index contributed by atoms with van der Waals surface area (Å²) in [6, 6.07) is 1.30. The first-order chi connectivity index (χ1) is 9.44. The molecule has 1 saturated heterocycles.